The molecule has 2 heterocycles. The third-order valence-electron chi connectivity index (χ3n) is 3.10. The first kappa shape index (κ1) is 13.5. The minimum Gasteiger partial charge on any atom is -0.206 e. The summed E-state index contributed by atoms with van der Waals surface area (Å²) in [6.07, 6.45) is 5.25. The number of nitrogens with zero attached hydrogens (tertiary/aromatic N) is 2. The Morgan fingerprint density at radius 2 is 1.72 bits per heavy atom. The summed E-state index contributed by atoms with van der Waals surface area (Å²) in [5, 5.41) is 8.76. The second-order valence-corrected chi connectivity index (χ2v) is 7.65. The second-order valence-electron chi connectivity index (χ2n) is 4.40. The first-order chi connectivity index (χ1) is 8.64. The molecule has 98 valence electrons. The van der Waals surface area contributed by atoms with E-state index in [0.29, 0.717) is 22.2 Å². The lowest BCUT2D eigenvalue weighted by Gasteiger charge is -2.23. The van der Waals surface area contributed by atoms with E-state index in [1.54, 1.807) is 10.4 Å². The van der Waals surface area contributed by atoms with Gasteiger partial charge in [0.25, 0.3) is 10.0 Å². The van der Waals surface area contributed by atoms with Crippen molar-refractivity contribution in [3.05, 3.63) is 17.0 Å². The van der Waals surface area contributed by atoms with Crippen LogP contribution in [0.15, 0.2) is 16.3 Å². The van der Waals surface area contributed by atoms with Crippen molar-refractivity contribution in [2.24, 2.45) is 0 Å². The molecule has 0 bridgehead atoms. The van der Waals surface area contributed by atoms with Gasteiger partial charge >= 0.3 is 0 Å². The van der Waals surface area contributed by atoms with Gasteiger partial charge in [0.2, 0.25) is 0 Å². The van der Waals surface area contributed by atoms with Gasteiger partial charge in [-0.1, -0.05) is 19.3 Å². The molecule has 0 aromatic carbocycles. The molecule has 0 aliphatic carbocycles. The Kier molecular flexibility index (Phi) is 4.38. The Hall–Kier alpha value is -0.900. The first-order valence-electron chi connectivity index (χ1n) is 6.15. The van der Waals surface area contributed by atoms with Crippen LogP contribution in [-0.2, 0) is 10.0 Å². The van der Waals surface area contributed by atoms with Crippen molar-refractivity contribution in [1.29, 1.82) is 5.26 Å². The van der Waals surface area contributed by atoms with Crippen LogP contribution in [0.3, 0.4) is 0 Å². The fourth-order valence-electron chi connectivity index (χ4n) is 2.10. The van der Waals surface area contributed by atoms with Crippen molar-refractivity contribution in [3.63, 3.8) is 0 Å². The average Bonchev–Trinajstić information content (AvgIpc) is 2.76. The zero-order valence-electron chi connectivity index (χ0n) is 10.1. The van der Waals surface area contributed by atoms with Gasteiger partial charge in [-0.25, -0.2) is 8.42 Å². The summed E-state index contributed by atoms with van der Waals surface area (Å²) in [4.78, 5) is 0.445. The van der Waals surface area contributed by atoms with Crippen LogP contribution in [0.25, 0.3) is 0 Å². The van der Waals surface area contributed by atoms with Gasteiger partial charge in [-0.15, -0.1) is 11.3 Å². The molecule has 1 aliphatic heterocycles. The standard InChI is InChI=1S/C12H16N2O2S2/c13-10-11-6-7-12(17-11)18(15,16)14-8-4-2-1-3-5-9-14/h6-7H,1-5,8-9H2. The zero-order chi connectivity index (χ0) is 13.0. The highest BCUT2D eigenvalue weighted by Crippen LogP contribution is 2.26. The van der Waals surface area contributed by atoms with Crippen LogP contribution in [0.4, 0.5) is 0 Å². The van der Waals surface area contributed by atoms with E-state index in [1.807, 2.05) is 6.07 Å². The average molecular weight is 284 g/mol. The zero-order valence-corrected chi connectivity index (χ0v) is 11.8. The Morgan fingerprint density at radius 1 is 1.11 bits per heavy atom. The van der Waals surface area contributed by atoms with E-state index in [4.69, 9.17) is 5.26 Å². The Morgan fingerprint density at radius 3 is 2.28 bits per heavy atom. The fraction of sp³-hybridized carbons (Fsp3) is 0.583. The molecule has 1 fully saturated rings. The molecule has 4 nitrogen and oxygen atoms in total. The largest absolute Gasteiger partial charge is 0.252 e. The van der Waals surface area contributed by atoms with Crippen molar-refractivity contribution in [3.8, 4) is 6.07 Å². The van der Waals surface area contributed by atoms with Gasteiger partial charge < -0.3 is 0 Å². The molecule has 0 saturated carbocycles. The Balaban J connectivity index is 2.21. The topological polar surface area (TPSA) is 61.2 Å². The maximum Gasteiger partial charge on any atom is 0.252 e. The molecule has 6 heteroatoms. The summed E-state index contributed by atoms with van der Waals surface area (Å²) in [6.45, 7) is 1.20. The van der Waals surface area contributed by atoms with Gasteiger partial charge in [0, 0.05) is 13.1 Å². The molecule has 1 aliphatic rings. The van der Waals surface area contributed by atoms with Gasteiger partial charge in [-0.3, -0.25) is 0 Å². The normalized spacial score (nSPS) is 18.8. The number of hydrogen-bond donors (Lipinski definition) is 0. The molecular weight excluding hydrogens is 268 g/mol. The van der Waals surface area contributed by atoms with E-state index in [-0.39, 0.29) is 0 Å². The van der Waals surface area contributed by atoms with E-state index in [9.17, 15) is 8.42 Å². The van der Waals surface area contributed by atoms with E-state index in [0.717, 1.165) is 37.0 Å². The molecule has 0 unspecified atom stereocenters. The Bertz CT molecular complexity index is 535. The molecule has 18 heavy (non-hydrogen) atoms. The van der Waals surface area contributed by atoms with Crippen LogP contribution < -0.4 is 0 Å². The van der Waals surface area contributed by atoms with Gasteiger partial charge in [-0.05, 0) is 25.0 Å². The van der Waals surface area contributed by atoms with E-state index in [1.165, 1.54) is 12.5 Å². The lowest BCUT2D eigenvalue weighted by Crippen LogP contribution is -2.33. The third-order valence-corrected chi connectivity index (χ3v) is 6.46. The SMILES string of the molecule is N#Cc1ccc(S(=O)(=O)N2CCCCCCC2)s1. The summed E-state index contributed by atoms with van der Waals surface area (Å²) in [5.41, 5.74) is 0. The van der Waals surface area contributed by atoms with Crippen molar-refractivity contribution in [2.75, 3.05) is 13.1 Å². The quantitative estimate of drug-likeness (QED) is 0.838. The van der Waals surface area contributed by atoms with Crippen molar-refractivity contribution in [1.82, 2.24) is 4.31 Å². The molecule has 2 rings (SSSR count). The van der Waals surface area contributed by atoms with Crippen LogP contribution in [0.1, 0.15) is 37.0 Å². The van der Waals surface area contributed by atoms with Crippen molar-refractivity contribution in [2.45, 2.75) is 36.3 Å². The molecule has 0 N–H and O–H groups in total. The minimum atomic E-state index is -3.39. The molecule has 0 atom stereocenters. The summed E-state index contributed by atoms with van der Waals surface area (Å²) in [7, 11) is -3.39. The molecule has 0 amide bonds. The lowest BCUT2D eigenvalue weighted by atomic mass is 10.1. The summed E-state index contributed by atoms with van der Waals surface area (Å²) in [5.74, 6) is 0. The summed E-state index contributed by atoms with van der Waals surface area (Å²) in [6, 6.07) is 5.09. The molecule has 1 saturated heterocycles. The fourth-order valence-corrected chi connectivity index (χ4v) is 4.88. The van der Waals surface area contributed by atoms with Gasteiger partial charge in [-0.2, -0.15) is 9.57 Å². The third kappa shape index (κ3) is 2.91. The predicted octanol–water partition coefficient (Wildman–Crippen LogP) is 2.57. The molecule has 1 aromatic rings. The highest BCUT2D eigenvalue weighted by atomic mass is 32.2. The maximum absolute atomic E-state index is 12.4. The number of thiophene rings is 1. The number of rotatable bonds is 2. The highest BCUT2D eigenvalue weighted by molar-refractivity contribution is 7.91. The summed E-state index contributed by atoms with van der Waals surface area (Å²) >= 11 is 1.05. The maximum atomic E-state index is 12.4. The van der Waals surface area contributed by atoms with E-state index < -0.39 is 10.0 Å². The summed E-state index contributed by atoms with van der Waals surface area (Å²) < 4.78 is 26.7. The lowest BCUT2D eigenvalue weighted by molar-refractivity contribution is 0.365. The smallest absolute Gasteiger partial charge is 0.206 e. The van der Waals surface area contributed by atoms with Crippen molar-refractivity contribution >= 4 is 21.4 Å². The van der Waals surface area contributed by atoms with Crippen LogP contribution in [0.2, 0.25) is 0 Å². The Labute approximate surface area is 112 Å². The van der Waals surface area contributed by atoms with Gasteiger partial charge in [0.15, 0.2) is 0 Å². The van der Waals surface area contributed by atoms with Crippen molar-refractivity contribution < 1.29 is 8.42 Å². The number of hydrogen-bond acceptors (Lipinski definition) is 4. The molecule has 0 radical (unpaired) electrons. The molecule has 0 spiro atoms. The predicted molar refractivity (Wildman–Crippen MR) is 70.9 cm³/mol. The van der Waals surface area contributed by atoms with Crippen LogP contribution in [-0.4, -0.2) is 25.8 Å². The van der Waals surface area contributed by atoms with E-state index in [2.05, 4.69) is 0 Å². The van der Waals surface area contributed by atoms with E-state index >= 15 is 0 Å². The van der Waals surface area contributed by atoms with Crippen LogP contribution >= 0.6 is 11.3 Å². The second kappa shape index (κ2) is 5.83. The van der Waals surface area contributed by atoms with Gasteiger partial charge in [0.05, 0.1) is 0 Å². The number of sulfonamides is 1. The molecular formula is C12H16N2O2S2. The van der Waals surface area contributed by atoms with Crippen LogP contribution in [0, 0.1) is 11.3 Å². The van der Waals surface area contributed by atoms with Gasteiger partial charge in [0.1, 0.15) is 15.2 Å². The first-order valence-corrected chi connectivity index (χ1v) is 8.40. The molecule has 1 aromatic heterocycles. The highest BCUT2D eigenvalue weighted by Gasteiger charge is 2.26. The number of nitriles is 1. The van der Waals surface area contributed by atoms with Crippen LogP contribution in [0.5, 0.6) is 0 Å². The monoisotopic (exact) mass is 284 g/mol. The minimum absolute atomic E-state index is 0.291.